The van der Waals surface area contributed by atoms with Crippen LogP contribution in [0, 0.1) is 5.92 Å². The lowest BCUT2D eigenvalue weighted by atomic mass is 10.0. The first-order chi connectivity index (χ1) is 41.0. The molecular weight excluding hydrogens is 1120 g/mol. The molecule has 2 aromatic rings. The van der Waals surface area contributed by atoms with Crippen LogP contribution in [0.15, 0.2) is 18.7 Å². The summed E-state index contributed by atoms with van der Waals surface area (Å²) in [5.41, 5.74) is 12.7. The lowest BCUT2D eigenvalue weighted by Crippen LogP contribution is -2.58. The molecule has 2 aromatic heterocycles. The van der Waals surface area contributed by atoms with Gasteiger partial charge in [-0.15, -0.1) is 5.10 Å². The molecular formula is C55H91N17O12S. The highest BCUT2D eigenvalue weighted by Gasteiger charge is 2.43. The Morgan fingerprint density at radius 2 is 1.46 bits per heavy atom. The molecule has 0 saturated carbocycles. The number of aryl methyl sites for hydroxylation is 1. The van der Waals surface area contributed by atoms with E-state index in [-0.39, 0.29) is 80.4 Å². The molecule has 85 heavy (non-hydrogen) atoms. The van der Waals surface area contributed by atoms with E-state index < -0.39 is 65.8 Å². The zero-order chi connectivity index (χ0) is 60.9. The number of primary amides is 1. The van der Waals surface area contributed by atoms with Gasteiger partial charge >= 0.3 is 6.03 Å². The molecule has 30 heteroatoms. The van der Waals surface area contributed by atoms with Crippen LogP contribution in [0.5, 0.6) is 0 Å². The number of unbranched alkanes of at least 4 members (excludes halogenated alkanes) is 1. The van der Waals surface area contributed by atoms with Crippen molar-refractivity contribution in [3.63, 3.8) is 0 Å². The fraction of sp³-hybridized carbons (Fsp3) is 0.745. The molecule has 3 fully saturated rings. The Morgan fingerprint density at radius 3 is 2.19 bits per heavy atom. The lowest BCUT2D eigenvalue weighted by Gasteiger charge is -2.27. The van der Waals surface area contributed by atoms with Gasteiger partial charge in [0.1, 0.15) is 24.2 Å². The summed E-state index contributed by atoms with van der Waals surface area (Å²) in [7, 11) is 0. The van der Waals surface area contributed by atoms with Crippen molar-refractivity contribution in [2.45, 2.75) is 177 Å². The van der Waals surface area contributed by atoms with Gasteiger partial charge in [0.25, 0.3) is 0 Å². The number of hydrogen-bond acceptors (Lipinski definition) is 18. The largest absolute Gasteiger partial charge is 0.379 e. The van der Waals surface area contributed by atoms with Gasteiger partial charge in [0.2, 0.25) is 47.3 Å². The van der Waals surface area contributed by atoms with Crippen LogP contribution in [0.3, 0.4) is 0 Å². The molecule has 2 bridgehead atoms. The van der Waals surface area contributed by atoms with Gasteiger partial charge in [0.05, 0.1) is 62.6 Å². The van der Waals surface area contributed by atoms with Crippen molar-refractivity contribution in [2.24, 2.45) is 17.4 Å². The Labute approximate surface area is 500 Å². The predicted octanol–water partition coefficient (Wildman–Crippen LogP) is -2.08. The van der Waals surface area contributed by atoms with E-state index >= 15 is 0 Å². The van der Waals surface area contributed by atoms with Crippen LogP contribution in [-0.4, -0.2) is 215 Å². The number of imidazole rings is 1. The van der Waals surface area contributed by atoms with Crippen molar-refractivity contribution >= 4 is 65.1 Å². The van der Waals surface area contributed by atoms with Crippen molar-refractivity contribution in [3.8, 4) is 0 Å². The summed E-state index contributed by atoms with van der Waals surface area (Å²) in [5.74, 6) is -3.15. The number of nitrogens with one attached hydrogen (secondary N) is 10. The highest BCUT2D eigenvalue weighted by Crippen LogP contribution is 2.33. The molecule has 9 atom stereocenters. The topological polar surface area (TPSA) is 404 Å². The highest BCUT2D eigenvalue weighted by molar-refractivity contribution is 8.00. The van der Waals surface area contributed by atoms with E-state index in [1.165, 1.54) is 12.5 Å². The summed E-state index contributed by atoms with van der Waals surface area (Å²) in [6.45, 7) is 8.34. The number of aromatic nitrogens is 5. The number of aromatic amines is 1. The maximum absolute atomic E-state index is 14.1. The van der Waals surface area contributed by atoms with Crippen LogP contribution in [0.1, 0.15) is 115 Å². The number of H-pyrrole nitrogens is 1. The third-order valence-electron chi connectivity index (χ3n) is 15.1. The normalized spacial score (nSPS) is 25.1. The number of fused-ring (bicyclic) bond motifs is 4. The van der Waals surface area contributed by atoms with Crippen molar-refractivity contribution in [1.82, 2.24) is 77.7 Å². The zero-order valence-corrected chi connectivity index (χ0v) is 50.0. The van der Waals surface area contributed by atoms with Gasteiger partial charge in [-0.25, -0.2) is 9.78 Å². The lowest BCUT2D eigenvalue weighted by molar-refractivity contribution is -0.134. The molecule has 2 unspecified atom stereocenters. The summed E-state index contributed by atoms with van der Waals surface area (Å²) in [6.07, 6.45) is 11.4. The second kappa shape index (κ2) is 36.5. The molecule has 14 N–H and O–H groups in total. The summed E-state index contributed by atoms with van der Waals surface area (Å²) < 4.78 is 18.6. The fourth-order valence-electron chi connectivity index (χ4n) is 10.6. The number of nitrogens with zero attached hydrogens (tertiary/aromatic N) is 5. The highest BCUT2D eigenvalue weighted by atomic mass is 32.2. The van der Waals surface area contributed by atoms with Gasteiger partial charge in [-0.1, -0.05) is 25.5 Å². The smallest absolute Gasteiger partial charge is 0.315 e. The number of urea groups is 1. The van der Waals surface area contributed by atoms with Crippen LogP contribution >= 0.6 is 11.8 Å². The first-order valence-electron chi connectivity index (χ1n) is 30.1. The minimum absolute atomic E-state index is 0.0272. The van der Waals surface area contributed by atoms with Crippen LogP contribution in [0.2, 0.25) is 0 Å². The van der Waals surface area contributed by atoms with Gasteiger partial charge in [0.15, 0.2) is 0 Å². The number of ether oxygens (including phenoxy) is 3. The Kier molecular flexibility index (Phi) is 29.1. The van der Waals surface area contributed by atoms with Gasteiger partial charge in [-0.05, 0) is 83.1 Å². The third kappa shape index (κ3) is 24.1. The Balaban J connectivity index is 0.946. The molecule has 6 rings (SSSR count). The van der Waals surface area contributed by atoms with E-state index in [4.69, 9.17) is 25.7 Å². The third-order valence-corrected chi connectivity index (χ3v) is 16.6. The quantitative estimate of drug-likeness (QED) is 0.0337. The Bertz CT molecular complexity index is 2450. The number of nitrogens with two attached hydrogens (primary N) is 2. The molecule has 6 heterocycles. The van der Waals surface area contributed by atoms with E-state index in [1.54, 1.807) is 10.9 Å². The number of carbonyl (C=O) groups is 9. The first-order valence-corrected chi connectivity index (χ1v) is 31.2. The predicted molar refractivity (Wildman–Crippen MR) is 313 cm³/mol. The Hall–Kier alpha value is -6.47. The van der Waals surface area contributed by atoms with Gasteiger partial charge < -0.3 is 78.5 Å². The fourth-order valence-corrected chi connectivity index (χ4v) is 12.1. The van der Waals surface area contributed by atoms with E-state index in [2.05, 4.69) is 68.1 Å². The summed E-state index contributed by atoms with van der Waals surface area (Å²) in [6, 6.07) is -5.87. The van der Waals surface area contributed by atoms with Crippen molar-refractivity contribution in [1.29, 1.82) is 0 Å². The molecule has 474 valence electrons. The molecule has 4 aliphatic heterocycles. The zero-order valence-electron chi connectivity index (χ0n) is 49.2. The van der Waals surface area contributed by atoms with E-state index in [0.29, 0.717) is 134 Å². The van der Waals surface area contributed by atoms with Crippen LogP contribution in [0.4, 0.5) is 4.79 Å². The van der Waals surface area contributed by atoms with Crippen LogP contribution < -0.4 is 59.3 Å². The number of amides is 10. The number of thioether (sulfide) groups is 1. The molecule has 0 spiro atoms. The molecule has 0 aliphatic carbocycles. The first kappa shape index (κ1) is 67.7. The van der Waals surface area contributed by atoms with Gasteiger partial charge in [-0.3, -0.25) is 47.9 Å². The average molecular weight is 1210 g/mol. The molecule has 4 aliphatic rings. The Morgan fingerprint density at radius 1 is 0.741 bits per heavy atom. The van der Waals surface area contributed by atoms with Gasteiger partial charge in [-0.2, -0.15) is 11.8 Å². The number of rotatable bonds is 27. The van der Waals surface area contributed by atoms with E-state index in [1.807, 2.05) is 30.5 Å². The van der Waals surface area contributed by atoms with Gasteiger partial charge in [0, 0.05) is 101 Å². The monoisotopic (exact) mass is 1210 g/mol. The number of carbonyl (C=O) groups excluding carboxylic acids is 9. The summed E-state index contributed by atoms with van der Waals surface area (Å²) in [5, 5.41) is 34.7. The summed E-state index contributed by atoms with van der Waals surface area (Å²) in [4.78, 5) is 128. The van der Waals surface area contributed by atoms with E-state index in [9.17, 15) is 43.2 Å². The molecule has 10 amide bonds. The van der Waals surface area contributed by atoms with Crippen LogP contribution in [-0.2, 0) is 72.0 Å². The van der Waals surface area contributed by atoms with Crippen LogP contribution in [0.25, 0.3) is 0 Å². The maximum Gasteiger partial charge on any atom is 0.315 e. The van der Waals surface area contributed by atoms with Crippen molar-refractivity contribution in [3.05, 3.63) is 30.1 Å². The van der Waals surface area contributed by atoms with Crippen molar-refractivity contribution < 1.29 is 57.4 Å². The second-order valence-electron chi connectivity index (χ2n) is 22.5. The number of hydrogen-bond donors (Lipinski definition) is 12. The van der Waals surface area contributed by atoms with Crippen molar-refractivity contribution in [2.75, 3.05) is 78.1 Å². The molecule has 3 saturated heterocycles. The SMILES string of the molecule is CC(C)C[C@@H]1NC(=O)[C@H](CCC(N)=O)NC(=O)[C@@H](N)Cc2cn(nn2)CCCC[C@@H](C(=O)NCCCOCCOCCOCCCNC(=O)CCCCC2SC[C@H]3NC(=O)N[C@@H]23)NC(=O)C2CCCN2CCNC(=O)[C@H](Cc2cnc[nH]2)NC1=O. The molecule has 0 radical (unpaired) electrons. The maximum atomic E-state index is 14.1. The molecule has 0 aromatic carbocycles. The standard InChI is InChI=1S/C55H91N17O12S/c1-35(2)28-41-53(79)66-42(30-36-31-58-34-62-36)51(77)61-18-21-71-19-7-11-44(71)54(80)64-39(10-5-6-20-72-32-37(69-70-72)29-38(56)49(75)63-40(52(78)65-41)14-15-46(57)73)50(76)60-17-9-23-83-25-27-84-26-24-82-22-8-16-59-47(74)13-4-3-12-45-48-43(33-85-45)67-55(81)68-48/h31-32,34-35,38-45,48H,3-30,33,56H2,1-2H3,(H2,57,73)(H,58,62)(H,59,74)(H,60,76)(H,61,77)(H,63,75)(H,64,80)(H,65,78)(H,66,79)(H2,67,68,81)/t38-,39-,40-,41-,42-,43+,44?,45?,48+/m0/s1. The minimum Gasteiger partial charge on any atom is -0.379 e. The summed E-state index contributed by atoms with van der Waals surface area (Å²) >= 11 is 1.88. The second-order valence-corrected chi connectivity index (χ2v) is 23.7. The average Bonchev–Trinajstić information content (AvgIpc) is 4.49. The van der Waals surface area contributed by atoms with E-state index in [0.717, 1.165) is 31.4 Å². The minimum atomic E-state index is -1.30. The molecule has 29 nitrogen and oxygen atoms in total.